The molecular weight excluding hydrogens is 244 g/mol. The second-order valence-corrected chi connectivity index (χ2v) is 5.84. The van der Waals surface area contributed by atoms with Gasteiger partial charge in [-0.1, -0.05) is 12.2 Å². The molecule has 0 radical (unpaired) electrons. The van der Waals surface area contributed by atoms with Crippen molar-refractivity contribution < 1.29 is 4.74 Å². The zero-order valence-electron chi connectivity index (χ0n) is 11.1. The third-order valence-corrected chi connectivity index (χ3v) is 3.77. The van der Waals surface area contributed by atoms with E-state index in [9.17, 15) is 0 Å². The van der Waals surface area contributed by atoms with Gasteiger partial charge in [0.1, 0.15) is 10.7 Å². The summed E-state index contributed by atoms with van der Waals surface area (Å²) in [6.45, 7) is 4.43. The van der Waals surface area contributed by atoms with Gasteiger partial charge in [-0.2, -0.15) is 0 Å². The molecule has 1 aliphatic carbocycles. The van der Waals surface area contributed by atoms with Crippen LogP contribution in [0.4, 0.5) is 5.69 Å². The Morgan fingerprint density at radius 3 is 2.61 bits per heavy atom. The van der Waals surface area contributed by atoms with Crippen LogP contribution in [-0.2, 0) is 0 Å². The predicted molar refractivity (Wildman–Crippen MR) is 79.3 cm³/mol. The maximum Gasteiger partial charge on any atom is 0.120 e. The monoisotopic (exact) mass is 264 g/mol. The molecule has 4 heteroatoms. The number of nitrogens with one attached hydrogen (secondary N) is 1. The lowest BCUT2D eigenvalue weighted by molar-refractivity contribution is 0.414. The van der Waals surface area contributed by atoms with Gasteiger partial charge in [0, 0.05) is 22.9 Å². The molecule has 2 rings (SSSR count). The van der Waals surface area contributed by atoms with Crippen LogP contribution in [0.5, 0.6) is 5.75 Å². The Labute approximate surface area is 114 Å². The second-order valence-electron chi connectivity index (χ2n) is 5.40. The molecule has 0 aliphatic heterocycles. The van der Waals surface area contributed by atoms with E-state index < -0.39 is 0 Å². The molecule has 0 aromatic heterocycles. The third-order valence-electron chi connectivity index (χ3n) is 3.55. The summed E-state index contributed by atoms with van der Waals surface area (Å²) in [6, 6.07) is 5.74. The lowest BCUT2D eigenvalue weighted by Crippen LogP contribution is -2.34. The highest BCUT2D eigenvalue weighted by molar-refractivity contribution is 7.80. The van der Waals surface area contributed by atoms with E-state index >= 15 is 0 Å². The van der Waals surface area contributed by atoms with Crippen LogP contribution in [-0.4, -0.2) is 17.6 Å². The summed E-state index contributed by atoms with van der Waals surface area (Å²) in [4.78, 5) is 0.409. The highest BCUT2D eigenvalue weighted by Gasteiger charge is 2.38. The predicted octanol–water partition coefficient (Wildman–Crippen LogP) is 2.93. The average Bonchev–Trinajstić information content (AvgIpc) is 3.11. The smallest absolute Gasteiger partial charge is 0.120 e. The summed E-state index contributed by atoms with van der Waals surface area (Å²) >= 11 is 5.10. The minimum Gasteiger partial charge on any atom is -0.497 e. The fraction of sp³-hybridized carbons (Fsp3) is 0.500. The van der Waals surface area contributed by atoms with Crippen LogP contribution in [0.1, 0.15) is 32.3 Å². The minimum absolute atomic E-state index is 0.0614. The molecule has 3 N–H and O–H groups in total. The van der Waals surface area contributed by atoms with Crippen molar-refractivity contribution in [2.45, 2.75) is 32.2 Å². The fourth-order valence-electron chi connectivity index (χ4n) is 2.22. The van der Waals surface area contributed by atoms with E-state index in [4.69, 9.17) is 22.7 Å². The van der Waals surface area contributed by atoms with Crippen LogP contribution in [0.2, 0.25) is 0 Å². The summed E-state index contributed by atoms with van der Waals surface area (Å²) < 4.78 is 5.26. The normalized spacial score (nSPS) is 15.3. The van der Waals surface area contributed by atoms with Crippen molar-refractivity contribution in [1.29, 1.82) is 0 Å². The Morgan fingerprint density at radius 1 is 1.44 bits per heavy atom. The molecule has 3 nitrogen and oxygen atoms in total. The lowest BCUT2D eigenvalue weighted by Gasteiger charge is -2.29. The molecule has 0 saturated heterocycles. The van der Waals surface area contributed by atoms with E-state index in [0.29, 0.717) is 4.99 Å². The molecule has 1 aromatic rings. The first-order chi connectivity index (χ1) is 8.44. The third kappa shape index (κ3) is 2.75. The Balaban J connectivity index is 2.31. The SMILES string of the molecule is COc1ccc(C(N)=S)c(NC(C)(C)C2CC2)c1. The van der Waals surface area contributed by atoms with Crippen LogP contribution in [0.25, 0.3) is 0 Å². The number of hydrogen-bond donors (Lipinski definition) is 2. The fourth-order valence-corrected chi connectivity index (χ4v) is 2.40. The zero-order valence-corrected chi connectivity index (χ0v) is 11.9. The van der Waals surface area contributed by atoms with Crippen molar-refractivity contribution in [3.8, 4) is 5.75 Å². The summed E-state index contributed by atoms with van der Waals surface area (Å²) in [5.74, 6) is 1.53. The van der Waals surface area contributed by atoms with E-state index in [1.165, 1.54) is 12.8 Å². The topological polar surface area (TPSA) is 47.3 Å². The zero-order chi connectivity index (χ0) is 13.3. The van der Waals surface area contributed by atoms with Gasteiger partial charge in [0.2, 0.25) is 0 Å². The summed E-state index contributed by atoms with van der Waals surface area (Å²) in [5.41, 5.74) is 7.66. The summed E-state index contributed by atoms with van der Waals surface area (Å²) in [6.07, 6.45) is 2.57. The molecule has 1 aromatic carbocycles. The Morgan fingerprint density at radius 2 is 2.11 bits per heavy atom. The molecule has 18 heavy (non-hydrogen) atoms. The van der Waals surface area contributed by atoms with Gasteiger partial charge in [-0.15, -0.1) is 0 Å². The van der Waals surface area contributed by atoms with Crippen molar-refractivity contribution in [2.75, 3.05) is 12.4 Å². The number of rotatable bonds is 5. The lowest BCUT2D eigenvalue weighted by atomic mass is 9.97. The number of benzene rings is 1. The van der Waals surface area contributed by atoms with Crippen molar-refractivity contribution in [1.82, 2.24) is 0 Å². The van der Waals surface area contributed by atoms with Crippen LogP contribution in [0.3, 0.4) is 0 Å². The number of nitrogens with two attached hydrogens (primary N) is 1. The van der Waals surface area contributed by atoms with Crippen molar-refractivity contribution in [3.63, 3.8) is 0 Å². The minimum atomic E-state index is 0.0614. The first-order valence-corrected chi connectivity index (χ1v) is 6.61. The Kier molecular flexibility index (Phi) is 3.48. The number of hydrogen-bond acceptors (Lipinski definition) is 3. The number of thiocarbonyl (C=S) groups is 1. The Bertz CT molecular complexity index is 467. The maximum atomic E-state index is 5.77. The molecule has 0 heterocycles. The molecule has 0 unspecified atom stereocenters. The van der Waals surface area contributed by atoms with Gasteiger partial charge < -0.3 is 15.8 Å². The molecule has 0 spiro atoms. The van der Waals surface area contributed by atoms with Gasteiger partial charge in [0.15, 0.2) is 0 Å². The standard InChI is InChI=1S/C14H20N2OS/c1-14(2,9-4-5-9)16-12-8-10(17-3)6-7-11(12)13(15)18/h6-9,16H,4-5H2,1-3H3,(H2,15,18). The number of methoxy groups -OCH3 is 1. The Hall–Kier alpha value is -1.29. The first-order valence-electron chi connectivity index (χ1n) is 6.20. The largest absolute Gasteiger partial charge is 0.497 e. The van der Waals surface area contributed by atoms with Gasteiger partial charge in [0.25, 0.3) is 0 Å². The molecular formula is C14H20N2OS. The van der Waals surface area contributed by atoms with Gasteiger partial charge in [0.05, 0.1) is 7.11 Å². The number of anilines is 1. The van der Waals surface area contributed by atoms with Crippen LogP contribution in [0, 0.1) is 5.92 Å². The quantitative estimate of drug-likeness (QED) is 0.803. The highest BCUT2D eigenvalue weighted by Crippen LogP contribution is 2.41. The van der Waals surface area contributed by atoms with Gasteiger partial charge in [-0.3, -0.25) is 0 Å². The molecule has 0 bridgehead atoms. The average molecular weight is 264 g/mol. The van der Waals surface area contributed by atoms with Crippen LogP contribution >= 0.6 is 12.2 Å². The van der Waals surface area contributed by atoms with Gasteiger partial charge in [-0.25, -0.2) is 0 Å². The molecule has 0 atom stereocenters. The summed E-state index contributed by atoms with van der Waals surface area (Å²) in [5, 5.41) is 3.56. The van der Waals surface area contributed by atoms with E-state index in [-0.39, 0.29) is 5.54 Å². The summed E-state index contributed by atoms with van der Waals surface area (Å²) in [7, 11) is 1.66. The number of ether oxygens (including phenoxy) is 1. The maximum absolute atomic E-state index is 5.77. The van der Waals surface area contributed by atoms with E-state index in [1.807, 2.05) is 18.2 Å². The van der Waals surface area contributed by atoms with Gasteiger partial charge in [-0.05, 0) is 44.7 Å². The van der Waals surface area contributed by atoms with E-state index in [2.05, 4.69) is 19.2 Å². The molecule has 0 amide bonds. The first kappa shape index (κ1) is 13.1. The molecule has 1 saturated carbocycles. The van der Waals surface area contributed by atoms with Crippen LogP contribution < -0.4 is 15.8 Å². The van der Waals surface area contributed by atoms with Crippen molar-refractivity contribution >= 4 is 22.9 Å². The van der Waals surface area contributed by atoms with E-state index in [0.717, 1.165) is 22.9 Å². The molecule has 1 aliphatic rings. The molecule has 98 valence electrons. The van der Waals surface area contributed by atoms with Crippen molar-refractivity contribution in [2.24, 2.45) is 11.7 Å². The van der Waals surface area contributed by atoms with E-state index in [1.54, 1.807) is 7.11 Å². The molecule has 1 fully saturated rings. The highest BCUT2D eigenvalue weighted by atomic mass is 32.1. The van der Waals surface area contributed by atoms with Crippen LogP contribution in [0.15, 0.2) is 18.2 Å². The second kappa shape index (κ2) is 4.76. The van der Waals surface area contributed by atoms with Crippen molar-refractivity contribution in [3.05, 3.63) is 23.8 Å². The van der Waals surface area contributed by atoms with Gasteiger partial charge >= 0.3 is 0 Å².